The molecule has 0 unspecified atom stereocenters. The molecule has 2 aromatic heterocycles. The van der Waals surface area contributed by atoms with Gasteiger partial charge in [-0.1, -0.05) is 18.2 Å². The molecule has 0 bridgehead atoms. The van der Waals surface area contributed by atoms with Gasteiger partial charge in [-0.15, -0.1) is 0 Å². The predicted molar refractivity (Wildman–Crippen MR) is 97.3 cm³/mol. The molecule has 0 fully saturated rings. The third-order valence-corrected chi connectivity index (χ3v) is 4.49. The van der Waals surface area contributed by atoms with Crippen LogP contribution in [0.5, 0.6) is 0 Å². The highest BCUT2D eigenvalue weighted by Crippen LogP contribution is 2.19. The average molecular weight is 317 g/mol. The van der Waals surface area contributed by atoms with Gasteiger partial charge in [0.2, 0.25) is 0 Å². The molecule has 0 saturated carbocycles. The summed E-state index contributed by atoms with van der Waals surface area (Å²) in [6.07, 6.45) is 3.96. The molecular formula is C20H19N3O. The van der Waals surface area contributed by atoms with Gasteiger partial charge in [0.25, 0.3) is 5.91 Å². The first-order chi connectivity index (χ1) is 11.7. The summed E-state index contributed by atoms with van der Waals surface area (Å²) in [5.74, 6) is -0.0425. The smallest absolute Gasteiger partial charge is 0.251 e. The molecule has 4 rings (SSSR count). The molecule has 0 spiro atoms. The van der Waals surface area contributed by atoms with Gasteiger partial charge < -0.3 is 14.9 Å². The van der Waals surface area contributed by atoms with E-state index in [2.05, 4.69) is 52.3 Å². The Morgan fingerprint density at radius 1 is 1.17 bits per heavy atom. The van der Waals surface area contributed by atoms with Crippen molar-refractivity contribution in [1.29, 1.82) is 0 Å². The molecule has 4 nitrogen and oxygen atoms in total. The van der Waals surface area contributed by atoms with E-state index >= 15 is 0 Å². The number of aromatic amines is 1. The number of carbonyl (C=O) groups excluding carboxylic acids is 1. The van der Waals surface area contributed by atoms with Crippen molar-refractivity contribution in [2.75, 3.05) is 6.54 Å². The molecule has 24 heavy (non-hydrogen) atoms. The molecular weight excluding hydrogens is 298 g/mol. The number of carbonyl (C=O) groups is 1. The number of nitrogens with one attached hydrogen (secondary N) is 2. The number of nitrogens with zero attached hydrogens (tertiary/aromatic N) is 1. The van der Waals surface area contributed by atoms with Crippen LogP contribution >= 0.6 is 0 Å². The summed E-state index contributed by atoms with van der Waals surface area (Å²) in [5.41, 5.74) is 4.14. The molecule has 0 radical (unpaired) electrons. The molecule has 1 amide bonds. The second-order valence-electron chi connectivity index (χ2n) is 6.05. The summed E-state index contributed by atoms with van der Waals surface area (Å²) >= 11 is 0. The van der Waals surface area contributed by atoms with Crippen molar-refractivity contribution in [2.24, 2.45) is 0 Å². The fourth-order valence-corrected chi connectivity index (χ4v) is 3.15. The Morgan fingerprint density at radius 2 is 2.08 bits per heavy atom. The Bertz CT molecular complexity index is 1030. The van der Waals surface area contributed by atoms with Crippen molar-refractivity contribution in [1.82, 2.24) is 14.9 Å². The maximum atomic E-state index is 12.3. The minimum Gasteiger partial charge on any atom is -0.361 e. The van der Waals surface area contributed by atoms with Gasteiger partial charge in [-0.3, -0.25) is 4.79 Å². The van der Waals surface area contributed by atoms with Crippen LogP contribution < -0.4 is 5.32 Å². The molecule has 0 aliphatic carbocycles. The van der Waals surface area contributed by atoms with Gasteiger partial charge in [0.1, 0.15) is 0 Å². The molecule has 0 aliphatic heterocycles. The number of benzene rings is 2. The first-order valence-electron chi connectivity index (χ1n) is 8.12. The van der Waals surface area contributed by atoms with E-state index in [1.54, 1.807) is 0 Å². The van der Waals surface area contributed by atoms with Crippen LogP contribution in [-0.2, 0) is 6.54 Å². The van der Waals surface area contributed by atoms with Crippen molar-refractivity contribution >= 4 is 27.7 Å². The Labute approximate surface area is 140 Å². The maximum Gasteiger partial charge on any atom is 0.251 e. The SMILES string of the molecule is Cc1cccc2c1ccn2CCNC(=O)c1ccc2cc[nH]c2c1. The molecule has 0 aliphatic rings. The summed E-state index contributed by atoms with van der Waals surface area (Å²) in [5, 5.41) is 5.38. The monoisotopic (exact) mass is 317 g/mol. The van der Waals surface area contributed by atoms with Crippen molar-refractivity contribution < 1.29 is 4.79 Å². The third kappa shape index (κ3) is 2.56. The summed E-state index contributed by atoms with van der Waals surface area (Å²) in [6.45, 7) is 3.47. The quantitative estimate of drug-likeness (QED) is 0.590. The lowest BCUT2D eigenvalue weighted by atomic mass is 10.1. The zero-order valence-electron chi connectivity index (χ0n) is 13.5. The van der Waals surface area contributed by atoms with Gasteiger partial charge in [-0.05, 0) is 48.2 Å². The summed E-state index contributed by atoms with van der Waals surface area (Å²) in [6, 6.07) is 16.1. The lowest BCUT2D eigenvalue weighted by Crippen LogP contribution is -2.27. The largest absolute Gasteiger partial charge is 0.361 e. The summed E-state index contributed by atoms with van der Waals surface area (Å²) in [4.78, 5) is 15.5. The molecule has 0 saturated heterocycles. The van der Waals surface area contributed by atoms with Crippen LogP contribution in [0.25, 0.3) is 21.8 Å². The van der Waals surface area contributed by atoms with Crippen LogP contribution in [0, 0.1) is 6.92 Å². The molecule has 2 N–H and O–H groups in total. The number of rotatable bonds is 4. The van der Waals surface area contributed by atoms with E-state index in [-0.39, 0.29) is 5.91 Å². The lowest BCUT2D eigenvalue weighted by Gasteiger charge is -2.08. The van der Waals surface area contributed by atoms with E-state index in [9.17, 15) is 4.79 Å². The number of fused-ring (bicyclic) bond motifs is 2. The number of H-pyrrole nitrogens is 1. The van der Waals surface area contributed by atoms with E-state index in [1.807, 2.05) is 30.5 Å². The predicted octanol–water partition coefficient (Wildman–Crippen LogP) is 3.86. The van der Waals surface area contributed by atoms with Gasteiger partial charge in [0.15, 0.2) is 0 Å². The summed E-state index contributed by atoms with van der Waals surface area (Å²) in [7, 11) is 0. The normalized spacial score (nSPS) is 11.2. The van der Waals surface area contributed by atoms with Gasteiger partial charge in [-0.25, -0.2) is 0 Å². The highest BCUT2D eigenvalue weighted by atomic mass is 16.1. The van der Waals surface area contributed by atoms with Crippen molar-refractivity contribution in [3.8, 4) is 0 Å². The minimum absolute atomic E-state index is 0.0425. The van der Waals surface area contributed by atoms with E-state index in [0.717, 1.165) is 17.4 Å². The number of aromatic nitrogens is 2. The van der Waals surface area contributed by atoms with Crippen LogP contribution in [-0.4, -0.2) is 22.0 Å². The second kappa shape index (κ2) is 5.89. The highest BCUT2D eigenvalue weighted by molar-refractivity contribution is 5.97. The van der Waals surface area contributed by atoms with Crippen molar-refractivity contribution in [3.05, 3.63) is 72.1 Å². The minimum atomic E-state index is -0.0425. The Morgan fingerprint density at radius 3 is 3.00 bits per heavy atom. The first kappa shape index (κ1) is 14.6. The van der Waals surface area contributed by atoms with Gasteiger partial charge >= 0.3 is 0 Å². The molecule has 4 aromatic rings. The zero-order valence-corrected chi connectivity index (χ0v) is 13.5. The van der Waals surface area contributed by atoms with Crippen LogP contribution in [0.4, 0.5) is 0 Å². The number of aryl methyl sites for hydroxylation is 1. The Balaban J connectivity index is 1.44. The molecule has 2 aromatic carbocycles. The maximum absolute atomic E-state index is 12.3. The van der Waals surface area contributed by atoms with Crippen LogP contribution in [0.3, 0.4) is 0 Å². The standard InChI is InChI=1S/C20H19N3O/c1-14-3-2-4-19-17(14)8-11-23(19)12-10-22-20(24)16-6-5-15-7-9-21-18(15)13-16/h2-9,11,13,21H,10,12H2,1H3,(H,22,24). The topological polar surface area (TPSA) is 49.8 Å². The van der Waals surface area contributed by atoms with E-state index in [4.69, 9.17) is 0 Å². The first-order valence-corrected chi connectivity index (χ1v) is 8.12. The van der Waals surface area contributed by atoms with Gasteiger partial charge in [-0.2, -0.15) is 0 Å². The Kier molecular flexibility index (Phi) is 3.58. The van der Waals surface area contributed by atoms with Crippen LogP contribution in [0.2, 0.25) is 0 Å². The number of hydrogen-bond donors (Lipinski definition) is 2. The summed E-state index contributed by atoms with van der Waals surface area (Å²) < 4.78 is 2.18. The van der Waals surface area contributed by atoms with Gasteiger partial charge in [0.05, 0.1) is 0 Å². The molecule has 4 heteroatoms. The molecule has 120 valence electrons. The number of amides is 1. The van der Waals surface area contributed by atoms with Crippen molar-refractivity contribution in [3.63, 3.8) is 0 Å². The van der Waals surface area contributed by atoms with E-state index in [1.165, 1.54) is 16.5 Å². The fourth-order valence-electron chi connectivity index (χ4n) is 3.15. The fraction of sp³-hybridized carbons (Fsp3) is 0.150. The average Bonchev–Trinajstić information content (AvgIpc) is 3.21. The number of hydrogen-bond acceptors (Lipinski definition) is 1. The van der Waals surface area contributed by atoms with E-state index in [0.29, 0.717) is 12.1 Å². The van der Waals surface area contributed by atoms with Crippen LogP contribution in [0.15, 0.2) is 60.9 Å². The zero-order chi connectivity index (χ0) is 16.5. The highest BCUT2D eigenvalue weighted by Gasteiger charge is 2.07. The van der Waals surface area contributed by atoms with Crippen LogP contribution in [0.1, 0.15) is 15.9 Å². The second-order valence-corrected chi connectivity index (χ2v) is 6.05. The van der Waals surface area contributed by atoms with Crippen molar-refractivity contribution in [2.45, 2.75) is 13.5 Å². The van der Waals surface area contributed by atoms with Gasteiger partial charge in [0, 0.05) is 47.5 Å². The molecule has 2 heterocycles. The molecule has 0 atom stereocenters. The lowest BCUT2D eigenvalue weighted by molar-refractivity contribution is 0.0952. The van der Waals surface area contributed by atoms with E-state index < -0.39 is 0 Å². The third-order valence-electron chi connectivity index (χ3n) is 4.49. The Hall–Kier alpha value is -3.01.